The van der Waals surface area contributed by atoms with Gasteiger partial charge in [-0.25, -0.2) is 0 Å². The summed E-state index contributed by atoms with van der Waals surface area (Å²) < 4.78 is 5.03. The number of nitrogens with one attached hydrogen (secondary N) is 1. The highest BCUT2D eigenvalue weighted by atomic mass is 16.5. The lowest BCUT2D eigenvalue weighted by atomic mass is 10.1. The van der Waals surface area contributed by atoms with Gasteiger partial charge in [0.15, 0.2) is 0 Å². The molecule has 0 aromatic heterocycles. The zero-order chi connectivity index (χ0) is 14.5. The number of carbonyl (C=O) groups excluding carboxylic acids is 2. The van der Waals surface area contributed by atoms with Gasteiger partial charge >= 0.3 is 5.97 Å². The summed E-state index contributed by atoms with van der Waals surface area (Å²) in [6.07, 6.45) is 0.126. The van der Waals surface area contributed by atoms with Crippen LogP contribution in [0.3, 0.4) is 0 Å². The van der Waals surface area contributed by atoms with Crippen molar-refractivity contribution < 1.29 is 14.3 Å². The van der Waals surface area contributed by atoms with E-state index in [2.05, 4.69) is 5.32 Å². The zero-order valence-electron chi connectivity index (χ0n) is 11.9. The molecule has 1 atom stereocenters. The zero-order valence-corrected chi connectivity index (χ0v) is 11.9. The number of cyclic esters (lactones) is 1. The maximum Gasteiger partial charge on any atom is 0.323 e. The number of benzene rings is 1. The Labute approximate surface area is 118 Å². The first-order valence-corrected chi connectivity index (χ1v) is 6.87. The molecular formula is C15H20N2O3. The SMILES string of the molecule is CCN1CCOC(=O)[C@@H]1CC(=O)Nc1cccc(C)c1. The number of esters is 1. The molecule has 1 aliphatic heterocycles. The van der Waals surface area contributed by atoms with Gasteiger partial charge in [0.05, 0.1) is 6.42 Å². The lowest BCUT2D eigenvalue weighted by Crippen LogP contribution is -2.50. The van der Waals surface area contributed by atoms with E-state index in [1.54, 1.807) is 0 Å². The molecule has 0 bridgehead atoms. The van der Waals surface area contributed by atoms with Gasteiger partial charge in [0.2, 0.25) is 5.91 Å². The predicted molar refractivity (Wildman–Crippen MR) is 76.4 cm³/mol. The number of anilines is 1. The Morgan fingerprint density at radius 1 is 1.50 bits per heavy atom. The number of hydrogen-bond donors (Lipinski definition) is 1. The lowest BCUT2D eigenvalue weighted by molar-refractivity contribution is -0.158. The molecule has 2 rings (SSSR count). The van der Waals surface area contributed by atoms with E-state index >= 15 is 0 Å². The van der Waals surface area contributed by atoms with Crippen LogP contribution in [-0.4, -0.2) is 42.5 Å². The van der Waals surface area contributed by atoms with Crippen LogP contribution >= 0.6 is 0 Å². The van der Waals surface area contributed by atoms with Gasteiger partial charge in [0.1, 0.15) is 12.6 Å². The highest BCUT2D eigenvalue weighted by Crippen LogP contribution is 2.14. The molecule has 0 unspecified atom stereocenters. The Hall–Kier alpha value is -1.88. The Bertz CT molecular complexity index is 502. The summed E-state index contributed by atoms with van der Waals surface area (Å²) >= 11 is 0. The van der Waals surface area contributed by atoms with Crippen molar-refractivity contribution in [2.45, 2.75) is 26.3 Å². The normalized spacial score (nSPS) is 19.5. The van der Waals surface area contributed by atoms with Gasteiger partial charge in [-0.1, -0.05) is 19.1 Å². The standard InChI is InChI=1S/C15H20N2O3/c1-3-17-7-8-20-15(19)13(17)10-14(18)16-12-6-4-5-11(2)9-12/h4-6,9,13H,3,7-8,10H2,1-2H3,(H,16,18)/t13-/m0/s1. The van der Waals surface area contributed by atoms with E-state index in [-0.39, 0.29) is 18.3 Å². The first-order chi connectivity index (χ1) is 9.60. The van der Waals surface area contributed by atoms with Crippen molar-refractivity contribution in [1.29, 1.82) is 0 Å². The molecular weight excluding hydrogens is 256 g/mol. The predicted octanol–water partition coefficient (Wildman–Crippen LogP) is 1.57. The van der Waals surface area contributed by atoms with Gasteiger partial charge in [-0.15, -0.1) is 0 Å². The first kappa shape index (κ1) is 14.5. The van der Waals surface area contributed by atoms with Crippen LogP contribution in [0.1, 0.15) is 18.9 Å². The van der Waals surface area contributed by atoms with E-state index < -0.39 is 6.04 Å². The van der Waals surface area contributed by atoms with Crippen LogP contribution in [0, 0.1) is 6.92 Å². The Kier molecular flexibility index (Phi) is 4.74. The van der Waals surface area contributed by atoms with E-state index in [1.807, 2.05) is 43.0 Å². The Morgan fingerprint density at radius 3 is 3.00 bits per heavy atom. The van der Waals surface area contributed by atoms with E-state index in [9.17, 15) is 9.59 Å². The quantitative estimate of drug-likeness (QED) is 0.848. The van der Waals surface area contributed by atoms with E-state index in [0.29, 0.717) is 13.2 Å². The smallest absolute Gasteiger partial charge is 0.323 e. The van der Waals surface area contributed by atoms with Gasteiger partial charge in [0.25, 0.3) is 0 Å². The van der Waals surface area contributed by atoms with Crippen LogP contribution < -0.4 is 5.32 Å². The summed E-state index contributed by atoms with van der Waals surface area (Å²) in [5.41, 5.74) is 1.83. The van der Waals surface area contributed by atoms with Crippen molar-refractivity contribution in [1.82, 2.24) is 4.90 Å². The molecule has 5 heteroatoms. The van der Waals surface area contributed by atoms with Crippen molar-refractivity contribution in [2.24, 2.45) is 0 Å². The highest BCUT2D eigenvalue weighted by molar-refractivity contribution is 5.94. The monoisotopic (exact) mass is 276 g/mol. The number of ether oxygens (including phenoxy) is 1. The molecule has 1 N–H and O–H groups in total. The first-order valence-electron chi connectivity index (χ1n) is 6.87. The van der Waals surface area contributed by atoms with Crippen LogP contribution in [0.15, 0.2) is 24.3 Å². The second kappa shape index (κ2) is 6.52. The van der Waals surface area contributed by atoms with E-state index in [0.717, 1.165) is 17.8 Å². The molecule has 1 saturated heterocycles. The van der Waals surface area contributed by atoms with Gasteiger partial charge in [0, 0.05) is 12.2 Å². The maximum absolute atomic E-state index is 12.1. The topological polar surface area (TPSA) is 58.6 Å². The third kappa shape index (κ3) is 3.57. The summed E-state index contributed by atoms with van der Waals surface area (Å²) in [4.78, 5) is 25.8. The van der Waals surface area contributed by atoms with Crippen LogP contribution in [0.5, 0.6) is 0 Å². The molecule has 1 heterocycles. The minimum Gasteiger partial charge on any atom is -0.463 e. The van der Waals surface area contributed by atoms with Crippen LogP contribution in [0.4, 0.5) is 5.69 Å². The molecule has 5 nitrogen and oxygen atoms in total. The maximum atomic E-state index is 12.1. The molecule has 20 heavy (non-hydrogen) atoms. The Balaban J connectivity index is 1.97. The number of hydrogen-bond acceptors (Lipinski definition) is 4. The second-order valence-electron chi connectivity index (χ2n) is 4.93. The summed E-state index contributed by atoms with van der Waals surface area (Å²) in [5.74, 6) is -0.476. The van der Waals surface area contributed by atoms with Crippen molar-refractivity contribution in [2.75, 3.05) is 25.0 Å². The molecule has 0 saturated carbocycles. The largest absolute Gasteiger partial charge is 0.463 e. The number of morpholine rings is 1. The molecule has 0 spiro atoms. The average molecular weight is 276 g/mol. The van der Waals surface area contributed by atoms with Crippen molar-refractivity contribution >= 4 is 17.6 Å². The number of amides is 1. The third-order valence-corrected chi connectivity index (χ3v) is 3.42. The second-order valence-corrected chi connectivity index (χ2v) is 4.93. The Morgan fingerprint density at radius 2 is 2.30 bits per heavy atom. The number of nitrogens with zero attached hydrogens (tertiary/aromatic N) is 1. The van der Waals surface area contributed by atoms with Crippen LogP contribution in [0.2, 0.25) is 0 Å². The molecule has 1 aromatic rings. The fourth-order valence-electron chi connectivity index (χ4n) is 2.37. The molecule has 108 valence electrons. The average Bonchev–Trinajstić information content (AvgIpc) is 2.41. The van der Waals surface area contributed by atoms with E-state index in [4.69, 9.17) is 4.74 Å². The summed E-state index contributed by atoms with van der Waals surface area (Å²) in [6.45, 7) is 5.77. The lowest BCUT2D eigenvalue weighted by Gasteiger charge is -2.32. The fourth-order valence-corrected chi connectivity index (χ4v) is 2.37. The van der Waals surface area contributed by atoms with Gasteiger partial charge in [-0.05, 0) is 31.2 Å². The molecule has 1 aliphatic rings. The number of likely N-dealkylation sites (N-methyl/N-ethyl adjacent to an activating group) is 1. The van der Waals surface area contributed by atoms with Crippen molar-refractivity contribution in [3.63, 3.8) is 0 Å². The highest BCUT2D eigenvalue weighted by Gasteiger charge is 2.32. The van der Waals surface area contributed by atoms with Gasteiger partial charge in [-0.3, -0.25) is 14.5 Å². The summed E-state index contributed by atoms with van der Waals surface area (Å²) in [7, 11) is 0. The molecule has 1 fully saturated rings. The van der Waals surface area contributed by atoms with E-state index in [1.165, 1.54) is 0 Å². The van der Waals surface area contributed by atoms with Crippen molar-refractivity contribution in [3.05, 3.63) is 29.8 Å². The molecule has 1 aromatic carbocycles. The summed E-state index contributed by atoms with van der Waals surface area (Å²) in [6, 6.07) is 7.11. The number of rotatable bonds is 4. The minimum atomic E-state index is -0.474. The third-order valence-electron chi connectivity index (χ3n) is 3.42. The number of carbonyl (C=O) groups is 2. The van der Waals surface area contributed by atoms with Crippen molar-refractivity contribution in [3.8, 4) is 0 Å². The summed E-state index contributed by atoms with van der Waals surface area (Å²) in [5, 5.41) is 2.82. The van der Waals surface area contributed by atoms with Crippen LogP contribution in [0.25, 0.3) is 0 Å². The molecule has 0 aliphatic carbocycles. The van der Waals surface area contributed by atoms with Crippen LogP contribution in [-0.2, 0) is 14.3 Å². The molecule has 1 amide bonds. The molecule has 0 radical (unpaired) electrons. The van der Waals surface area contributed by atoms with Gasteiger partial charge in [-0.2, -0.15) is 0 Å². The number of aryl methyl sites for hydroxylation is 1. The fraction of sp³-hybridized carbons (Fsp3) is 0.467. The van der Waals surface area contributed by atoms with Gasteiger partial charge < -0.3 is 10.1 Å². The minimum absolute atomic E-state index is 0.126.